The van der Waals surface area contributed by atoms with Crippen LogP contribution >= 0.6 is 12.4 Å². The Labute approximate surface area is 130 Å². The average Bonchev–Trinajstić information content (AvgIpc) is 2.94. The molecule has 3 atom stereocenters. The lowest BCUT2D eigenvalue weighted by atomic mass is 10.0. The van der Waals surface area contributed by atoms with E-state index in [2.05, 4.69) is 5.32 Å². The zero-order chi connectivity index (χ0) is 13.9. The molecule has 0 saturated heterocycles. The Bertz CT molecular complexity index is 498. The Hall–Kier alpha value is -1.46. The average molecular weight is 313 g/mol. The first kappa shape index (κ1) is 15.9. The highest BCUT2D eigenvalue weighted by Crippen LogP contribution is 2.31. The molecule has 0 aromatic heterocycles. The third kappa shape index (κ3) is 3.41. The number of amides is 1. The van der Waals surface area contributed by atoms with E-state index in [1.54, 1.807) is 0 Å². The van der Waals surface area contributed by atoms with E-state index in [4.69, 9.17) is 15.2 Å². The number of hydrogen-bond acceptors (Lipinski definition) is 4. The molecule has 116 valence electrons. The van der Waals surface area contributed by atoms with Crippen LogP contribution in [0.3, 0.4) is 0 Å². The number of para-hydroxylation sites is 2. The molecular formula is C15H21ClN2O3. The van der Waals surface area contributed by atoms with Crippen molar-refractivity contribution in [2.45, 2.75) is 31.4 Å². The van der Waals surface area contributed by atoms with Crippen molar-refractivity contribution in [3.05, 3.63) is 24.3 Å². The summed E-state index contributed by atoms with van der Waals surface area (Å²) in [4.78, 5) is 12.3. The number of halogens is 1. The maximum atomic E-state index is 12.3. The van der Waals surface area contributed by atoms with Gasteiger partial charge in [-0.25, -0.2) is 0 Å². The number of benzene rings is 1. The highest BCUT2D eigenvalue weighted by Gasteiger charge is 2.32. The van der Waals surface area contributed by atoms with Gasteiger partial charge in [-0.3, -0.25) is 4.79 Å². The maximum Gasteiger partial charge on any atom is 0.264 e. The molecule has 1 aliphatic carbocycles. The summed E-state index contributed by atoms with van der Waals surface area (Å²) in [5, 5.41) is 3.06. The lowest BCUT2D eigenvalue weighted by Crippen LogP contribution is -2.49. The van der Waals surface area contributed by atoms with Gasteiger partial charge in [0, 0.05) is 6.04 Å². The van der Waals surface area contributed by atoms with Crippen LogP contribution < -0.4 is 20.5 Å². The topological polar surface area (TPSA) is 73.6 Å². The summed E-state index contributed by atoms with van der Waals surface area (Å²) >= 11 is 0. The molecule has 0 bridgehead atoms. The van der Waals surface area contributed by atoms with Gasteiger partial charge < -0.3 is 20.5 Å². The second-order valence-electron chi connectivity index (χ2n) is 5.41. The normalized spacial score (nSPS) is 26.8. The van der Waals surface area contributed by atoms with Gasteiger partial charge in [-0.05, 0) is 37.4 Å². The number of nitrogens with two attached hydrogens (primary N) is 1. The third-order valence-corrected chi connectivity index (χ3v) is 4.09. The summed E-state index contributed by atoms with van der Waals surface area (Å²) in [6, 6.07) is 7.57. The van der Waals surface area contributed by atoms with E-state index >= 15 is 0 Å². The van der Waals surface area contributed by atoms with Crippen LogP contribution in [0.15, 0.2) is 24.3 Å². The summed E-state index contributed by atoms with van der Waals surface area (Å²) in [6.07, 6.45) is 2.63. The van der Waals surface area contributed by atoms with Crippen LogP contribution in [0.2, 0.25) is 0 Å². The van der Waals surface area contributed by atoms with Crippen molar-refractivity contribution in [2.75, 3.05) is 13.2 Å². The molecule has 21 heavy (non-hydrogen) atoms. The number of hydrogen-bond donors (Lipinski definition) is 2. The SMILES string of the molecule is Cl.NCC1CCCC1NC(=O)C1COc2ccccc2O1. The minimum Gasteiger partial charge on any atom is -0.485 e. The van der Waals surface area contributed by atoms with Gasteiger partial charge in [0.1, 0.15) is 6.61 Å². The van der Waals surface area contributed by atoms with E-state index in [0.29, 0.717) is 24.0 Å². The monoisotopic (exact) mass is 312 g/mol. The van der Waals surface area contributed by atoms with Crippen molar-refractivity contribution >= 4 is 18.3 Å². The van der Waals surface area contributed by atoms with E-state index in [1.807, 2.05) is 24.3 Å². The molecule has 1 amide bonds. The summed E-state index contributed by atoms with van der Waals surface area (Å²) < 4.78 is 11.3. The maximum absolute atomic E-state index is 12.3. The van der Waals surface area contributed by atoms with Crippen LogP contribution in [0.1, 0.15) is 19.3 Å². The molecule has 6 heteroatoms. The molecule has 0 spiro atoms. The van der Waals surface area contributed by atoms with E-state index in [0.717, 1.165) is 19.3 Å². The smallest absolute Gasteiger partial charge is 0.264 e. The molecule has 2 aliphatic rings. The summed E-state index contributed by atoms with van der Waals surface area (Å²) in [6.45, 7) is 0.874. The fourth-order valence-electron chi connectivity index (χ4n) is 2.93. The standard InChI is InChI=1S/C15H20N2O3.ClH/c16-8-10-4-3-5-11(10)17-15(18)14-9-19-12-6-1-2-7-13(12)20-14;/h1-2,6-7,10-11,14H,3-5,8-9,16H2,(H,17,18);1H. The minimum atomic E-state index is -0.580. The number of rotatable bonds is 3. The summed E-state index contributed by atoms with van der Waals surface area (Å²) in [5.41, 5.74) is 5.73. The van der Waals surface area contributed by atoms with E-state index in [9.17, 15) is 4.79 Å². The number of nitrogens with one attached hydrogen (secondary N) is 1. The Kier molecular flexibility index (Phi) is 5.31. The highest BCUT2D eigenvalue weighted by atomic mass is 35.5. The van der Waals surface area contributed by atoms with Crippen LogP contribution in [-0.4, -0.2) is 31.2 Å². The van der Waals surface area contributed by atoms with Crippen molar-refractivity contribution in [2.24, 2.45) is 11.7 Å². The van der Waals surface area contributed by atoms with Gasteiger partial charge in [-0.1, -0.05) is 18.6 Å². The van der Waals surface area contributed by atoms with Gasteiger partial charge in [-0.15, -0.1) is 12.4 Å². The van der Waals surface area contributed by atoms with Crippen molar-refractivity contribution < 1.29 is 14.3 Å². The van der Waals surface area contributed by atoms with E-state index in [1.165, 1.54) is 0 Å². The zero-order valence-corrected chi connectivity index (χ0v) is 12.6. The molecular weight excluding hydrogens is 292 g/mol. The summed E-state index contributed by atoms with van der Waals surface area (Å²) in [7, 11) is 0. The number of fused-ring (bicyclic) bond motifs is 1. The predicted octanol–water partition coefficient (Wildman–Crippen LogP) is 1.49. The minimum absolute atomic E-state index is 0. The van der Waals surface area contributed by atoms with Crippen LogP contribution in [0, 0.1) is 5.92 Å². The van der Waals surface area contributed by atoms with Gasteiger partial charge >= 0.3 is 0 Å². The van der Waals surface area contributed by atoms with Crippen molar-refractivity contribution in [1.29, 1.82) is 0 Å². The number of carbonyl (C=O) groups excluding carboxylic acids is 1. The molecule has 1 saturated carbocycles. The molecule has 1 aromatic rings. The van der Waals surface area contributed by atoms with Crippen LogP contribution in [0.4, 0.5) is 0 Å². The Morgan fingerprint density at radius 2 is 2.05 bits per heavy atom. The summed E-state index contributed by atoms with van der Waals surface area (Å²) in [5.74, 6) is 1.60. The van der Waals surface area contributed by atoms with Gasteiger partial charge in [0.15, 0.2) is 11.5 Å². The first-order valence-corrected chi connectivity index (χ1v) is 7.17. The molecule has 5 nitrogen and oxygen atoms in total. The molecule has 1 aliphatic heterocycles. The Balaban J connectivity index is 0.00000161. The lowest BCUT2D eigenvalue weighted by molar-refractivity contribution is -0.131. The van der Waals surface area contributed by atoms with E-state index < -0.39 is 6.10 Å². The van der Waals surface area contributed by atoms with Crippen LogP contribution in [0.25, 0.3) is 0 Å². The number of ether oxygens (including phenoxy) is 2. The van der Waals surface area contributed by atoms with Crippen molar-refractivity contribution in [3.63, 3.8) is 0 Å². The Morgan fingerprint density at radius 3 is 2.81 bits per heavy atom. The molecule has 3 N–H and O–H groups in total. The second-order valence-corrected chi connectivity index (χ2v) is 5.41. The first-order chi connectivity index (χ1) is 9.78. The molecule has 1 aromatic carbocycles. The van der Waals surface area contributed by atoms with E-state index in [-0.39, 0.29) is 31.0 Å². The van der Waals surface area contributed by atoms with Crippen molar-refractivity contribution in [3.8, 4) is 11.5 Å². The largest absolute Gasteiger partial charge is 0.485 e. The van der Waals surface area contributed by atoms with Crippen molar-refractivity contribution in [1.82, 2.24) is 5.32 Å². The first-order valence-electron chi connectivity index (χ1n) is 7.17. The van der Waals surface area contributed by atoms with Crippen LogP contribution in [-0.2, 0) is 4.79 Å². The quantitative estimate of drug-likeness (QED) is 0.887. The fraction of sp³-hybridized carbons (Fsp3) is 0.533. The third-order valence-electron chi connectivity index (χ3n) is 4.09. The Morgan fingerprint density at radius 1 is 1.29 bits per heavy atom. The zero-order valence-electron chi connectivity index (χ0n) is 11.8. The predicted molar refractivity (Wildman–Crippen MR) is 81.9 cm³/mol. The van der Waals surface area contributed by atoms with Gasteiger partial charge in [0.2, 0.25) is 6.10 Å². The molecule has 1 heterocycles. The second kappa shape index (κ2) is 7.00. The van der Waals surface area contributed by atoms with Gasteiger partial charge in [0.05, 0.1) is 0 Å². The molecule has 1 fully saturated rings. The van der Waals surface area contributed by atoms with Gasteiger partial charge in [-0.2, -0.15) is 0 Å². The van der Waals surface area contributed by atoms with Crippen LogP contribution in [0.5, 0.6) is 11.5 Å². The molecule has 3 unspecified atom stereocenters. The highest BCUT2D eigenvalue weighted by molar-refractivity contribution is 5.85. The number of carbonyl (C=O) groups is 1. The fourth-order valence-corrected chi connectivity index (χ4v) is 2.93. The van der Waals surface area contributed by atoms with Gasteiger partial charge in [0.25, 0.3) is 5.91 Å². The lowest BCUT2D eigenvalue weighted by Gasteiger charge is -2.28. The molecule has 0 radical (unpaired) electrons. The molecule has 3 rings (SSSR count).